The van der Waals surface area contributed by atoms with Crippen molar-refractivity contribution in [1.82, 2.24) is 25.5 Å². The van der Waals surface area contributed by atoms with Gasteiger partial charge in [-0.1, -0.05) is 43.0 Å². The van der Waals surface area contributed by atoms with Gasteiger partial charge < -0.3 is 44.3 Å². The SMILES string of the molecule is COc1cc(N2CCC(NCCCCCCCOc3ccc4c(c3)CN(C3CCC(=O)NC3=O)C4=O)CC2)ccc1Nc1ncc(Cl)c(Nc2ccccc2P(=O)(OC)OC)n1. The zero-order valence-corrected chi connectivity index (χ0v) is 36.9. The zero-order chi connectivity index (χ0) is 43.6. The van der Waals surface area contributed by atoms with Gasteiger partial charge in [0.2, 0.25) is 17.8 Å². The minimum atomic E-state index is -3.56. The Labute approximate surface area is 366 Å². The first-order valence-corrected chi connectivity index (χ1v) is 23.0. The van der Waals surface area contributed by atoms with Crippen LogP contribution >= 0.6 is 19.2 Å². The Bertz CT molecular complexity index is 2290. The fraction of sp³-hybridized carbons (Fsp3) is 0.432. The number of imide groups is 1. The number of hydrogen-bond donors (Lipinski definition) is 4. The number of aromatic nitrogens is 2. The molecule has 3 amide bonds. The van der Waals surface area contributed by atoms with Crippen LogP contribution in [0.5, 0.6) is 11.5 Å². The molecule has 62 heavy (non-hydrogen) atoms. The predicted molar refractivity (Wildman–Crippen MR) is 239 cm³/mol. The second kappa shape index (κ2) is 20.7. The molecule has 2 fully saturated rings. The average molecular weight is 889 g/mol. The van der Waals surface area contributed by atoms with Crippen LogP contribution in [0.3, 0.4) is 0 Å². The van der Waals surface area contributed by atoms with E-state index >= 15 is 0 Å². The molecule has 0 radical (unpaired) electrons. The highest BCUT2D eigenvalue weighted by molar-refractivity contribution is 7.62. The van der Waals surface area contributed by atoms with Crippen molar-refractivity contribution in [3.63, 3.8) is 0 Å². The molecule has 0 spiro atoms. The van der Waals surface area contributed by atoms with Crippen LogP contribution in [0.25, 0.3) is 0 Å². The van der Waals surface area contributed by atoms with Crippen LogP contribution in [0.2, 0.25) is 5.02 Å². The first-order valence-electron chi connectivity index (χ1n) is 21.0. The van der Waals surface area contributed by atoms with Crippen molar-refractivity contribution in [3.8, 4) is 11.5 Å². The number of halogens is 1. The molecular formula is C44H54ClN8O8P. The van der Waals surface area contributed by atoms with E-state index in [4.69, 9.17) is 30.1 Å². The molecule has 0 bridgehead atoms. The fourth-order valence-electron chi connectivity index (χ4n) is 8.07. The molecule has 4 heterocycles. The number of anilines is 5. The summed E-state index contributed by atoms with van der Waals surface area (Å²) < 4.78 is 35.4. The first kappa shape index (κ1) is 44.8. The number of nitrogens with one attached hydrogen (secondary N) is 4. The summed E-state index contributed by atoms with van der Waals surface area (Å²) in [5, 5.41) is 13.1. The van der Waals surface area contributed by atoms with Gasteiger partial charge in [0.25, 0.3) is 5.91 Å². The van der Waals surface area contributed by atoms with Crippen LogP contribution in [0.15, 0.2) is 66.9 Å². The maximum atomic E-state index is 13.2. The van der Waals surface area contributed by atoms with Crippen LogP contribution in [0, 0.1) is 0 Å². The van der Waals surface area contributed by atoms with E-state index in [1.165, 1.54) is 20.4 Å². The number of rotatable bonds is 20. The van der Waals surface area contributed by atoms with E-state index < -0.39 is 19.5 Å². The summed E-state index contributed by atoms with van der Waals surface area (Å²) >= 11 is 6.47. The Balaban J connectivity index is 0.794. The Morgan fingerprint density at radius 3 is 2.44 bits per heavy atom. The van der Waals surface area contributed by atoms with Crippen molar-refractivity contribution in [3.05, 3.63) is 83.0 Å². The number of amides is 3. The first-order chi connectivity index (χ1) is 30.1. The number of carbonyl (C=O) groups is 3. The van der Waals surface area contributed by atoms with Crippen molar-refractivity contribution in [2.45, 2.75) is 76.4 Å². The van der Waals surface area contributed by atoms with Gasteiger partial charge in [-0.2, -0.15) is 4.98 Å². The van der Waals surface area contributed by atoms with E-state index in [0.29, 0.717) is 59.4 Å². The number of nitrogens with zero attached hydrogens (tertiary/aromatic N) is 4. The normalized spacial score (nSPS) is 16.9. The number of fused-ring (bicyclic) bond motifs is 1. The third-order valence-corrected chi connectivity index (χ3v) is 13.7. The molecular weight excluding hydrogens is 835 g/mol. The van der Waals surface area contributed by atoms with E-state index in [-0.39, 0.29) is 29.2 Å². The van der Waals surface area contributed by atoms with Crippen molar-refractivity contribution in [1.29, 1.82) is 0 Å². The maximum Gasteiger partial charge on any atom is 0.362 e. The summed E-state index contributed by atoms with van der Waals surface area (Å²) in [7, 11) is 0.741. The average Bonchev–Trinajstić information content (AvgIpc) is 3.61. The number of benzene rings is 3. The summed E-state index contributed by atoms with van der Waals surface area (Å²) in [6.45, 7) is 3.81. The molecule has 4 aromatic rings. The molecule has 3 aliphatic heterocycles. The molecule has 3 aromatic carbocycles. The van der Waals surface area contributed by atoms with Crippen molar-refractivity contribution >= 4 is 71.1 Å². The third-order valence-electron chi connectivity index (χ3n) is 11.5. The van der Waals surface area contributed by atoms with Gasteiger partial charge in [-0.05, 0) is 86.7 Å². The minimum absolute atomic E-state index is 0.179. The highest BCUT2D eigenvalue weighted by Crippen LogP contribution is 2.47. The van der Waals surface area contributed by atoms with Gasteiger partial charge in [-0.15, -0.1) is 0 Å². The Hall–Kier alpha value is -5.25. The number of unbranched alkanes of at least 4 members (excludes halogenated alkanes) is 4. The monoisotopic (exact) mass is 888 g/mol. The van der Waals surface area contributed by atoms with Crippen LogP contribution < -0.4 is 40.9 Å². The van der Waals surface area contributed by atoms with Crippen molar-refractivity contribution < 1.29 is 37.5 Å². The molecule has 4 N–H and O–H groups in total. The standard InChI is InChI=1S/C44H54ClN8O8P/c1-58-38-26-31(13-16-35(38)49-44-47-27-34(45)41(51-44)48-36-11-7-8-12-39(36)62(57,59-2)60-3)52-22-19-30(20-23-52)46-21-9-5-4-6-10-24-61-32-14-15-33-29(25-32)28-53(43(33)56)37-17-18-40(54)50-42(37)55/h7-8,11-16,25-27,30,37,46H,4-6,9-10,17-24,28H2,1-3H3,(H,50,54,55)(H2,47,48,49,51). The van der Waals surface area contributed by atoms with E-state index in [1.807, 2.05) is 24.3 Å². The molecule has 330 valence electrons. The van der Waals surface area contributed by atoms with Crippen LogP contribution in [0.1, 0.15) is 73.7 Å². The lowest BCUT2D eigenvalue weighted by molar-refractivity contribution is -0.136. The van der Waals surface area contributed by atoms with E-state index in [1.54, 1.807) is 42.3 Å². The third kappa shape index (κ3) is 10.7. The van der Waals surface area contributed by atoms with Crippen LogP contribution in [0.4, 0.5) is 28.8 Å². The van der Waals surface area contributed by atoms with Crippen LogP contribution in [-0.2, 0) is 29.7 Å². The largest absolute Gasteiger partial charge is 0.494 e. The van der Waals surface area contributed by atoms with E-state index in [0.717, 1.165) is 81.6 Å². The van der Waals surface area contributed by atoms with Crippen molar-refractivity contribution in [2.75, 3.05) is 63.1 Å². The smallest absolute Gasteiger partial charge is 0.362 e. The number of piperidine rings is 2. The highest BCUT2D eigenvalue weighted by Gasteiger charge is 2.39. The number of carbonyl (C=O) groups excluding carboxylic acids is 3. The molecule has 3 aliphatic rings. The molecule has 7 rings (SSSR count). The summed E-state index contributed by atoms with van der Waals surface area (Å²) in [5.74, 6) is 1.09. The Kier molecular flexibility index (Phi) is 15.0. The number of para-hydroxylation sites is 1. The van der Waals surface area contributed by atoms with Gasteiger partial charge in [-0.25, -0.2) is 4.98 Å². The predicted octanol–water partition coefficient (Wildman–Crippen LogP) is 7.09. The summed E-state index contributed by atoms with van der Waals surface area (Å²) in [4.78, 5) is 49.7. The van der Waals surface area contributed by atoms with Gasteiger partial charge in [-0.3, -0.25) is 24.3 Å². The van der Waals surface area contributed by atoms with Gasteiger partial charge in [0, 0.05) is 63.6 Å². The second-order valence-corrected chi connectivity index (χ2v) is 18.1. The molecule has 0 aliphatic carbocycles. The van der Waals surface area contributed by atoms with Gasteiger partial charge in [0.05, 0.1) is 36.6 Å². The lowest BCUT2D eigenvalue weighted by atomic mass is 10.0. The molecule has 2 saturated heterocycles. The summed E-state index contributed by atoms with van der Waals surface area (Å²) in [6, 6.07) is 18.3. The van der Waals surface area contributed by atoms with Gasteiger partial charge in [0.15, 0.2) is 5.82 Å². The second-order valence-electron chi connectivity index (χ2n) is 15.5. The number of methoxy groups -OCH3 is 1. The van der Waals surface area contributed by atoms with E-state index in [9.17, 15) is 18.9 Å². The van der Waals surface area contributed by atoms with Crippen LogP contribution in [-0.4, -0.2) is 92.2 Å². The van der Waals surface area contributed by atoms with Gasteiger partial charge in [0.1, 0.15) is 22.6 Å². The summed E-state index contributed by atoms with van der Waals surface area (Å²) in [6.07, 6.45) is 9.62. The molecule has 1 aromatic heterocycles. The Morgan fingerprint density at radius 1 is 0.887 bits per heavy atom. The lowest BCUT2D eigenvalue weighted by Gasteiger charge is -2.34. The maximum absolute atomic E-state index is 13.2. The Morgan fingerprint density at radius 2 is 1.66 bits per heavy atom. The quantitative estimate of drug-likeness (QED) is 0.0401. The summed E-state index contributed by atoms with van der Waals surface area (Å²) in [5.41, 5.74) is 3.68. The van der Waals surface area contributed by atoms with Gasteiger partial charge >= 0.3 is 7.60 Å². The number of ether oxygens (including phenoxy) is 2. The molecule has 1 atom stereocenters. The van der Waals surface area contributed by atoms with Crippen molar-refractivity contribution in [2.24, 2.45) is 0 Å². The number of hydrogen-bond acceptors (Lipinski definition) is 14. The fourth-order valence-corrected chi connectivity index (χ4v) is 9.44. The molecule has 0 saturated carbocycles. The zero-order valence-electron chi connectivity index (χ0n) is 35.3. The molecule has 16 nitrogen and oxygen atoms in total. The molecule has 1 unspecified atom stereocenters. The minimum Gasteiger partial charge on any atom is -0.494 e. The van der Waals surface area contributed by atoms with E-state index in [2.05, 4.69) is 42.2 Å². The topological polar surface area (TPSA) is 186 Å². The highest BCUT2D eigenvalue weighted by atomic mass is 35.5. The molecule has 18 heteroatoms. The lowest BCUT2D eigenvalue weighted by Crippen LogP contribution is -2.52.